The average molecular weight is 365 g/mol. The van der Waals surface area contributed by atoms with Gasteiger partial charge < -0.3 is 4.90 Å². The Morgan fingerprint density at radius 1 is 0.643 bits per heavy atom. The standard InChI is InChI=1S/C25H23N3/c1-28(2)23-15-13-19(14-16-23)22-17-24(20-9-5-3-6-10-20)26-27-25(18-22)21-11-7-4-8-12-21/h3-18,26H,1-2H3. The van der Waals surface area contributed by atoms with Crippen molar-refractivity contribution in [2.75, 3.05) is 19.0 Å². The van der Waals surface area contributed by atoms with Gasteiger partial charge in [-0.05, 0) is 41.0 Å². The molecule has 0 radical (unpaired) electrons. The second kappa shape index (κ2) is 7.97. The fourth-order valence-electron chi connectivity index (χ4n) is 3.17. The quantitative estimate of drug-likeness (QED) is 0.689. The Labute approximate surface area is 166 Å². The van der Waals surface area contributed by atoms with Crippen molar-refractivity contribution in [3.63, 3.8) is 0 Å². The minimum atomic E-state index is 0.912. The largest absolute Gasteiger partial charge is 0.378 e. The fraction of sp³-hybridized carbons (Fsp3) is 0.0800. The first-order chi connectivity index (χ1) is 13.7. The predicted molar refractivity (Wildman–Crippen MR) is 119 cm³/mol. The monoisotopic (exact) mass is 365 g/mol. The van der Waals surface area contributed by atoms with Gasteiger partial charge in [-0.3, -0.25) is 5.43 Å². The van der Waals surface area contributed by atoms with Crippen molar-refractivity contribution in [2.24, 2.45) is 5.10 Å². The maximum absolute atomic E-state index is 4.69. The van der Waals surface area contributed by atoms with E-state index in [1.165, 1.54) is 5.69 Å². The molecule has 0 unspecified atom stereocenters. The Morgan fingerprint density at radius 2 is 1.25 bits per heavy atom. The first kappa shape index (κ1) is 17.8. The van der Waals surface area contributed by atoms with E-state index in [1.807, 2.05) is 36.4 Å². The van der Waals surface area contributed by atoms with Gasteiger partial charge in [0.2, 0.25) is 0 Å². The number of allylic oxidation sites excluding steroid dienone is 3. The summed E-state index contributed by atoms with van der Waals surface area (Å²) >= 11 is 0. The lowest BCUT2D eigenvalue weighted by Gasteiger charge is -2.13. The molecule has 1 aliphatic rings. The third-order valence-electron chi connectivity index (χ3n) is 4.76. The first-order valence-electron chi connectivity index (χ1n) is 9.36. The van der Waals surface area contributed by atoms with E-state index in [0.717, 1.165) is 33.7 Å². The summed E-state index contributed by atoms with van der Waals surface area (Å²) in [4.78, 5) is 2.11. The zero-order valence-corrected chi connectivity index (χ0v) is 16.1. The van der Waals surface area contributed by atoms with E-state index >= 15 is 0 Å². The minimum Gasteiger partial charge on any atom is -0.378 e. The Morgan fingerprint density at radius 3 is 1.86 bits per heavy atom. The van der Waals surface area contributed by atoms with Crippen molar-refractivity contribution < 1.29 is 0 Å². The molecule has 0 aromatic heterocycles. The van der Waals surface area contributed by atoms with Crippen LogP contribution in [0.3, 0.4) is 0 Å². The predicted octanol–water partition coefficient (Wildman–Crippen LogP) is 5.18. The normalized spacial score (nSPS) is 13.6. The minimum absolute atomic E-state index is 0.912. The fourth-order valence-corrected chi connectivity index (χ4v) is 3.17. The third kappa shape index (κ3) is 3.89. The molecule has 0 aliphatic carbocycles. The van der Waals surface area contributed by atoms with Gasteiger partial charge >= 0.3 is 0 Å². The topological polar surface area (TPSA) is 27.6 Å². The molecule has 4 rings (SSSR count). The van der Waals surface area contributed by atoms with Gasteiger partial charge in [0.05, 0.1) is 11.4 Å². The molecule has 0 saturated carbocycles. The van der Waals surface area contributed by atoms with Gasteiger partial charge in [0, 0.05) is 25.3 Å². The van der Waals surface area contributed by atoms with Gasteiger partial charge in [0.15, 0.2) is 0 Å². The maximum Gasteiger partial charge on any atom is 0.0911 e. The van der Waals surface area contributed by atoms with Crippen molar-refractivity contribution in [3.05, 3.63) is 114 Å². The van der Waals surface area contributed by atoms with E-state index < -0.39 is 0 Å². The van der Waals surface area contributed by atoms with Crippen molar-refractivity contribution >= 4 is 22.7 Å². The Balaban J connectivity index is 1.79. The van der Waals surface area contributed by atoms with E-state index in [4.69, 9.17) is 0 Å². The van der Waals surface area contributed by atoms with E-state index in [2.05, 4.69) is 90.2 Å². The molecule has 28 heavy (non-hydrogen) atoms. The van der Waals surface area contributed by atoms with Crippen LogP contribution in [0.2, 0.25) is 0 Å². The molecule has 3 heteroatoms. The highest BCUT2D eigenvalue weighted by Gasteiger charge is 2.11. The second-order valence-corrected chi connectivity index (χ2v) is 6.94. The van der Waals surface area contributed by atoms with E-state index in [-0.39, 0.29) is 0 Å². The van der Waals surface area contributed by atoms with Crippen molar-refractivity contribution in [2.45, 2.75) is 0 Å². The lowest BCUT2D eigenvalue weighted by molar-refractivity contribution is 0.995. The van der Waals surface area contributed by atoms with Crippen LogP contribution in [0, 0.1) is 0 Å². The molecule has 3 aromatic carbocycles. The average Bonchev–Trinajstić information content (AvgIpc) is 2.98. The summed E-state index contributed by atoms with van der Waals surface area (Å²) in [6, 6.07) is 29.2. The van der Waals surface area contributed by atoms with E-state index in [1.54, 1.807) is 0 Å². The van der Waals surface area contributed by atoms with Gasteiger partial charge in [-0.2, -0.15) is 5.10 Å². The van der Waals surface area contributed by atoms with Crippen LogP contribution in [0.1, 0.15) is 16.7 Å². The van der Waals surface area contributed by atoms with Gasteiger partial charge in [0.1, 0.15) is 0 Å². The number of nitrogens with zero attached hydrogens (tertiary/aromatic N) is 2. The van der Waals surface area contributed by atoms with Crippen LogP contribution < -0.4 is 10.3 Å². The van der Waals surface area contributed by atoms with Gasteiger partial charge in [-0.25, -0.2) is 0 Å². The molecule has 3 aromatic rings. The number of rotatable bonds is 4. The maximum atomic E-state index is 4.69. The lowest BCUT2D eigenvalue weighted by Crippen LogP contribution is -2.08. The molecule has 0 spiro atoms. The molecule has 1 N–H and O–H groups in total. The number of hydrazone groups is 1. The van der Waals surface area contributed by atoms with E-state index in [0.29, 0.717) is 0 Å². The summed E-state index contributed by atoms with van der Waals surface area (Å²) in [6.45, 7) is 0. The van der Waals surface area contributed by atoms with Crippen LogP contribution in [0.25, 0.3) is 11.3 Å². The van der Waals surface area contributed by atoms with Crippen LogP contribution in [-0.4, -0.2) is 19.8 Å². The number of nitrogens with one attached hydrogen (secondary N) is 1. The van der Waals surface area contributed by atoms with E-state index in [9.17, 15) is 0 Å². The van der Waals surface area contributed by atoms with Gasteiger partial charge in [-0.1, -0.05) is 72.8 Å². The van der Waals surface area contributed by atoms with Crippen LogP contribution in [0.4, 0.5) is 5.69 Å². The van der Waals surface area contributed by atoms with Crippen molar-refractivity contribution in [1.29, 1.82) is 0 Å². The molecule has 0 bridgehead atoms. The van der Waals surface area contributed by atoms with Crippen molar-refractivity contribution in [1.82, 2.24) is 5.43 Å². The molecular weight excluding hydrogens is 342 g/mol. The number of hydrogen-bond acceptors (Lipinski definition) is 3. The Kier molecular flexibility index (Phi) is 5.07. The van der Waals surface area contributed by atoms with Crippen LogP contribution in [0.5, 0.6) is 0 Å². The number of benzene rings is 3. The molecule has 0 atom stereocenters. The highest BCUT2D eigenvalue weighted by atomic mass is 15.3. The molecule has 3 nitrogen and oxygen atoms in total. The molecule has 0 fully saturated rings. The summed E-state index contributed by atoms with van der Waals surface area (Å²) in [5.74, 6) is 0. The molecule has 138 valence electrons. The SMILES string of the molecule is CN(C)c1ccc(C2=CC(c3ccccc3)=NNC(c3ccccc3)=C2)cc1. The smallest absolute Gasteiger partial charge is 0.0911 e. The summed E-state index contributed by atoms with van der Waals surface area (Å²) in [5, 5.41) is 4.69. The van der Waals surface area contributed by atoms with Crippen LogP contribution >= 0.6 is 0 Å². The number of hydrogen-bond donors (Lipinski definition) is 1. The van der Waals surface area contributed by atoms with Crippen molar-refractivity contribution in [3.8, 4) is 0 Å². The molecule has 0 amide bonds. The third-order valence-corrected chi connectivity index (χ3v) is 4.76. The van der Waals surface area contributed by atoms with Crippen LogP contribution in [0.15, 0.2) is 102 Å². The molecule has 1 heterocycles. The Bertz CT molecular complexity index is 1030. The van der Waals surface area contributed by atoms with Gasteiger partial charge in [-0.15, -0.1) is 0 Å². The Hall–Kier alpha value is -3.59. The highest BCUT2D eigenvalue weighted by Crippen LogP contribution is 2.26. The zero-order chi connectivity index (χ0) is 19.3. The second-order valence-electron chi connectivity index (χ2n) is 6.94. The van der Waals surface area contributed by atoms with Gasteiger partial charge in [0.25, 0.3) is 0 Å². The lowest BCUT2D eigenvalue weighted by atomic mass is 9.99. The molecule has 1 aliphatic heterocycles. The summed E-state index contributed by atoms with van der Waals surface area (Å²) < 4.78 is 0. The summed E-state index contributed by atoms with van der Waals surface area (Å²) in [6.07, 6.45) is 4.31. The zero-order valence-electron chi connectivity index (χ0n) is 16.1. The number of anilines is 1. The molecular formula is C25H23N3. The molecule has 0 saturated heterocycles. The highest BCUT2D eigenvalue weighted by molar-refractivity contribution is 6.14. The summed E-state index contributed by atoms with van der Waals surface area (Å²) in [7, 11) is 4.11. The van der Waals surface area contributed by atoms with Crippen LogP contribution in [-0.2, 0) is 0 Å². The summed E-state index contributed by atoms with van der Waals surface area (Å²) in [5.41, 5.74) is 10.8. The first-order valence-corrected chi connectivity index (χ1v) is 9.36.